The van der Waals surface area contributed by atoms with E-state index in [9.17, 15) is 10.1 Å². The highest BCUT2D eigenvalue weighted by molar-refractivity contribution is 8.00. The number of rotatable bonds is 4. The number of hydrogen-bond donors (Lipinski definition) is 1. The van der Waals surface area contributed by atoms with E-state index in [1.54, 1.807) is 17.8 Å². The van der Waals surface area contributed by atoms with Crippen molar-refractivity contribution in [3.63, 3.8) is 0 Å². The molecule has 3 aromatic rings. The number of thiazole rings is 2. The summed E-state index contributed by atoms with van der Waals surface area (Å²) in [5, 5.41) is 13.2. The topological polar surface area (TPSA) is 94.9 Å². The van der Waals surface area contributed by atoms with Crippen molar-refractivity contribution in [1.29, 1.82) is 0 Å². The molecular formula is C11H8N4O2S3. The Morgan fingerprint density at radius 2 is 2.25 bits per heavy atom. The van der Waals surface area contributed by atoms with E-state index in [0.29, 0.717) is 16.4 Å². The highest BCUT2D eigenvalue weighted by Crippen LogP contribution is 2.33. The highest BCUT2D eigenvalue weighted by atomic mass is 32.2. The third-order valence-electron chi connectivity index (χ3n) is 2.48. The van der Waals surface area contributed by atoms with Crippen LogP contribution in [0.1, 0.15) is 5.69 Å². The Morgan fingerprint density at radius 3 is 2.95 bits per heavy atom. The molecule has 1 aromatic carbocycles. The summed E-state index contributed by atoms with van der Waals surface area (Å²) >= 11 is 4.48. The maximum absolute atomic E-state index is 10.7. The number of anilines is 1. The summed E-state index contributed by atoms with van der Waals surface area (Å²) in [7, 11) is 0. The molecule has 0 radical (unpaired) electrons. The van der Waals surface area contributed by atoms with Gasteiger partial charge in [0.05, 0.1) is 20.8 Å². The maximum atomic E-state index is 10.7. The second-order valence-electron chi connectivity index (χ2n) is 3.85. The van der Waals surface area contributed by atoms with Crippen LogP contribution in [0, 0.1) is 10.1 Å². The number of nitro benzene ring substituents is 1. The van der Waals surface area contributed by atoms with Crippen molar-refractivity contribution in [1.82, 2.24) is 9.97 Å². The van der Waals surface area contributed by atoms with Crippen molar-refractivity contribution in [3.8, 4) is 0 Å². The molecule has 0 atom stereocenters. The minimum Gasteiger partial charge on any atom is -0.375 e. The smallest absolute Gasteiger partial charge is 0.271 e. The third kappa shape index (κ3) is 2.74. The van der Waals surface area contributed by atoms with Gasteiger partial charge in [-0.25, -0.2) is 9.97 Å². The van der Waals surface area contributed by atoms with E-state index >= 15 is 0 Å². The van der Waals surface area contributed by atoms with E-state index in [4.69, 9.17) is 5.73 Å². The molecule has 2 aromatic heterocycles. The molecule has 2 N–H and O–H groups in total. The summed E-state index contributed by atoms with van der Waals surface area (Å²) in [4.78, 5) is 18.9. The average Bonchev–Trinajstić information content (AvgIpc) is 3.00. The van der Waals surface area contributed by atoms with E-state index < -0.39 is 4.92 Å². The van der Waals surface area contributed by atoms with Gasteiger partial charge in [-0.3, -0.25) is 10.1 Å². The number of nitro groups is 1. The predicted octanol–water partition coefficient (Wildman–Crippen LogP) is 3.54. The van der Waals surface area contributed by atoms with Gasteiger partial charge in [0.15, 0.2) is 9.47 Å². The van der Waals surface area contributed by atoms with Crippen molar-refractivity contribution in [2.24, 2.45) is 0 Å². The fraction of sp³-hybridized carbons (Fsp3) is 0.0909. The molecule has 0 aliphatic carbocycles. The van der Waals surface area contributed by atoms with Crippen LogP contribution in [-0.2, 0) is 5.75 Å². The molecule has 0 amide bonds. The third-order valence-corrected chi connectivity index (χ3v) is 5.41. The van der Waals surface area contributed by atoms with Crippen molar-refractivity contribution >= 4 is 55.5 Å². The number of non-ortho nitro benzene ring substituents is 1. The molecule has 0 saturated carbocycles. The van der Waals surface area contributed by atoms with E-state index in [1.165, 1.54) is 34.8 Å². The number of nitrogen functional groups attached to an aromatic ring is 1. The Hall–Kier alpha value is -1.71. The number of hydrogen-bond acceptors (Lipinski definition) is 8. The van der Waals surface area contributed by atoms with E-state index in [2.05, 4.69) is 9.97 Å². The number of nitrogens with zero attached hydrogens (tertiary/aromatic N) is 3. The number of aromatic nitrogens is 2. The Labute approximate surface area is 125 Å². The maximum Gasteiger partial charge on any atom is 0.271 e. The van der Waals surface area contributed by atoms with Gasteiger partial charge in [0.25, 0.3) is 5.69 Å². The molecule has 6 nitrogen and oxygen atoms in total. The van der Waals surface area contributed by atoms with Crippen molar-refractivity contribution < 1.29 is 4.92 Å². The van der Waals surface area contributed by atoms with Crippen LogP contribution in [0.5, 0.6) is 0 Å². The van der Waals surface area contributed by atoms with Crippen LogP contribution < -0.4 is 5.73 Å². The molecule has 0 aliphatic heterocycles. The molecule has 2 heterocycles. The summed E-state index contributed by atoms with van der Waals surface area (Å²) < 4.78 is 1.81. The van der Waals surface area contributed by atoms with Crippen LogP contribution in [-0.4, -0.2) is 14.9 Å². The summed E-state index contributed by atoms with van der Waals surface area (Å²) in [6.45, 7) is 0. The molecule has 9 heteroatoms. The Bertz CT molecular complexity index is 783. The lowest BCUT2D eigenvalue weighted by atomic mass is 10.3. The molecule has 0 aliphatic rings. The summed E-state index contributed by atoms with van der Waals surface area (Å²) in [5.41, 5.74) is 7.21. The minimum atomic E-state index is -0.413. The number of fused-ring (bicyclic) bond motifs is 1. The molecule has 102 valence electrons. The highest BCUT2D eigenvalue weighted by Gasteiger charge is 2.11. The summed E-state index contributed by atoms with van der Waals surface area (Å²) in [5.74, 6) is 0.690. The van der Waals surface area contributed by atoms with Crippen LogP contribution in [0.4, 0.5) is 10.8 Å². The normalized spacial score (nSPS) is 11.0. The molecule has 0 fully saturated rings. The van der Waals surface area contributed by atoms with Gasteiger partial charge in [0.2, 0.25) is 0 Å². The number of thioether (sulfide) groups is 1. The first-order valence-electron chi connectivity index (χ1n) is 5.49. The van der Waals surface area contributed by atoms with Crippen LogP contribution in [0.15, 0.2) is 27.9 Å². The zero-order chi connectivity index (χ0) is 14.1. The van der Waals surface area contributed by atoms with Crippen LogP contribution in [0.25, 0.3) is 10.2 Å². The van der Waals surface area contributed by atoms with Crippen LogP contribution in [0.2, 0.25) is 0 Å². The molecular weight excluding hydrogens is 316 g/mol. The first-order valence-corrected chi connectivity index (χ1v) is 8.17. The number of nitrogens with two attached hydrogens (primary N) is 1. The summed E-state index contributed by atoms with van der Waals surface area (Å²) in [6.07, 6.45) is 0. The lowest BCUT2D eigenvalue weighted by molar-refractivity contribution is -0.384. The van der Waals surface area contributed by atoms with Crippen molar-refractivity contribution in [2.45, 2.75) is 10.1 Å². The quantitative estimate of drug-likeness (QED) is 0.448. The first-order chi connectivity index (χ1) is 9.61. The van der Waals surface area contributed by atoms with Gasteiger partial charge in [0.1, 0.15) is 0 Å². The predicted molar refractivity (Wildman–Crippen MR) is 82.4 cm³/mol. The minimum absolute atomic E-state index is 0.0617. The standard InChI is InChI=1S/C11H8N4O2S3/c12-10-13-6(4-18-10)5-19-11-14-8-3-7(15(16)17)1-2-9(8)20-11/h1-4H,5H2,(H2,12,13). The molecule has 0 spiro atoms. The molecule has 3 rings (SSSR count). The second kappa shape index (κ2) is 5.35. The van der Waals surface area contributed by atoms with Gasteiger partial charge in [-0.1, -0.05) is 11.8 Å². The molecule has 0 saturated heterocycles. The van der Waals surface area contributed by atoms with Gasteiger partial charge in [-0.15, -0.1) is 22.7 Å². The largest absolute Gasteiger partial charge is 0.375 e. The lowest BCUT2D eigenvalue weighted by Gasteiger charge is -1.91. The Morgan fingerprint density at radius 1 is 1.40 bits per heavy atom. The lowest BCUT2D eigenvalue weighted by Crippen LogP contribution is -1.86. The van der Waals surface area contributed by atoms with Crippen molar-refractivity contribution in [2.75, 3.05) is 5.73 Å². The fourth-order valence-electron chi connectivity index (χ4n) is 1.59. The summed E-state index contributed by atoms with van der Waals surface area (Å²) in [6, 6.07) is 4.73. The molecule has 0 bridgehead atoms. The SMILES string of the molecule is Nc1nc(CSc2nc3cc([N+](=O)[O-])ccc3s2)cs1. The zero-order valence-corrected chi connectivity index (χ0v) is 12.4. The molecule has 0 unspecified atom stereocenters. The Kier molecular flexibility index (Phi) is 3.55. The van der Waals surface area contributed by atoms with Gasteiger partial charge in [0, 0.05) is 23.3 Å². The van der Waals surface area contributed by atoms with Crippen LogP contribution >= 0.6 is 34.4 Å². The van der Waals surface area contributed by atoms with Crippen LogP contribution in [0.3, 0.4) is 0 Å². The molecule has 20 heavy (non-hydrogen) atoms. The first kappa shape index (κ1) is 13.3. The van der Waals surface area contributed by atoms with Gasteiger partial charge < -0.3 is 5.73 Å². The van der Waals surface area contributed by atoms with Crippen molar-refractivity contribution in [3.05, 3.63) is 39.4 Å². The van der Waals surface area contributed by atoms with E-state index in [1.807, 2.05) is 5.38 Å². The second-order valence-corrected chi connectivity index (χ2v) is 7.00. The van der Waals surface area contributed by atoms with Gasteiger partial charge >= 0.3 is 0 Å². The monoisotopic (exact) mass is 324 g/mol. The van der Waals surface area contributed by atoms with E-state index in [0.717, 1.165) is 14.7 Å². The van der Waals surface area contributed by atoms with E-state index in [-0.39, 0.29) is 5.69 Å². The zero-order valence-electron chi connectivity index (χ0n) is 9.98. The Balaban J connectivity index is 1.80. The van der Waals surface area contributed by atoms with Gasteiger partial charge in [-0.2, -0.15) is 0 Å². The number of benzene rings is 1. The van der Waals surface area contributed by atoms with Gasteiger partial charge in [-0.05, 0) is 6.07 Å². The average molecular weight is 324 g/mol. The fourth-order valence-corrected chi connectivity index (χ4v) is 4.20.